The first kappa shape index (κ1) is 15.9. The van der Waals surface area contributed by atoms with Crippen LogP contribution < -0.4 is 10.0 Å². The Kier molecular flexibility index (Phi) is 5.60. The first-order valence-electron chi connectivity index (χ1n) is 7.26. The van der Waals surface area contributed by atoms with Crippen LogP contribution in [0.3, 0.4) is 0 Å². The lowest BCUT2D eigenvalue weighted by atomic mass is 10.0. The largest absolute Gasteiger partial charge is 0.315 e. The summed E-state index contributed by atoms with van der Waals surface area (Å²) in [6, 6.07) is 1.80. The molecule has 0 amide bonds. The van der Waals surface area contributed by atoms with Crippen LogP contribution in [0.5, 0.6) is 0 Å². The summed E-state index contributed by atoms with van der Waals surface area (Å²) in [6.07, 6.45) is 5.34. The van der Waals surface area contributed by atoms with Gasteiger partial charge in [0, 0.05) is 17.5 Å². The van der Waals surface area contributed by atoms with Crippen molar-refractivity contribution >= 4 is 21.4 Å². The summed E-state index contributed by atoms with van der Waals surface area (Å²) >= 11 is 1.49. The molecule has 6 heteroatoms. The molecule has 0 saturated heterocycles. The van der Waals surface area contributed by atoms with Gasteiger partial charge in [0.15, 0.2) is 0 Å². The van der Waals surface area contributed by atoms with Crippen molar-refractivity contribution in [1.29, 1.82) is 0 Å². The van der Waals surface area contributed by atoms with Gasteiger partial charge in [0.1, 0.15) is 0 Å². The monoisotopic (exact) mass is 316 g/mol. The van der Waals surface area contributed by atoms with E-state index in [1.807, 2.05) is 12.4 Å². The van der Waals surface area contributed by atoms with E-state index in [9.17, 15) is 8.42 Å². The molecule has 1 saturated carbocycles. The van der Waals surface area contributed by atoms with E-state index >= 15 is 0 Å². The van der Waals surface area contributed by atoms with Crippen molar-refractivity contribution in [3.63, 3.8) is 0 Å². The second-order valence-electron chi connectivity index (χ2n) is 5.67. The van der Waals surface area contributed by atoms with Crippen molar-refractivity contribution in [3.8, 4) is 0 Å². The number of hydrogen-bond acceptors (Lipinski definition) is 4. The smallest absolute Gasteiger partial charge is 0.241 e. The zero-order chi connectivity index (χ0) is 14.6. The summed E-state index contributed by atoms with van der Waals surface area (Å²) in [5.41, 5.74) is 0. The lowest BCUT2D eigenvalue weighted by molar-refractivity contribution is 0.484. The number of rotatable bonds is 5. The molecule has 0 bridgehead atoms. The van der Waals surface area contributed by atoms with Crippen LogP contribution >= 0.6 is 11.3 Å². The van der Waals surface area contributed by atoms with Crippen LogP contribution in [-0.2, 0) is 16.6 Å². The van der Waals surface area contributed by atoms with Gasteiger partial charge in [0.25, 0.3) is 0 Å². The maximum atomic E-state index is 12.5. The molecule has 1 aromatic rings. The molecule has 1 aromatic heterocycles. The predicted octanol–water partition coefficient (Wildman–Crippen LogP) is 2.71. The molecule has 1 heterocycles. The summed E-state index contributed by atoms with van der Waals surface area (Å²) in [5.74, 6) is 0.713. The minimum atomic E-state index is -3.38. The average molecular weight is 316 g/mol. The van der Waals surface area contributed by atoms with E-state index in [-0.39, 0.29) is 6.04 Å². The normalized spacial score (nSPS) is 24.5. The number of hydrogen-bond donors (Lipinski definition) is 2. The first-order valence-corrected chi connectivity index (χ1v) is 9.62. The third-order valence-corrected chi connectivity index (χ3v) is 6.57. The molecule has 114 valence electrons. The molecule has 20 heavy (non-hydrogen) atoms. The molecule has 2 atom stereocenters. The van der Waals surface area contributed by atoms with Crippen molar-refractivity contribution in [1.82, 2.24) is 10.0 Å². The van der Waals surface area contributed by atoms with E-state index in [4.69, 9.17) is 0 Å². The number of thiophene rings is 1. The zero-order valence-corrected chi connectivity index (χ0v) is 13.8. The number of sulfonamides is 1. The SMILES string of the molecule is CNCc1sccc1S(=O)(=O)NC1CCCC(C)CC1. The molecule has 1 aliphatic rings. The molecule has 1 aliphatic carbocycles. The molecule has 0 aliphatic heterocycles. The van der Waals surface area contributed by atoms with Crippen molar-refractivity contribution in [3.05, 3.63) is 16.3 Å². The lowest BCUT2D eigenvalue weighted by Gasteiger charge is -2.16. The zero-order valence-electron chi connectivity index (χ0n) is 12.2. The highest BCUT2D eigenvalue weighted by Gasteiger charge is 2.25. The van der Waals surface area contributed by atoms with Crippen LogP contribution in [0.4, 0.5) is 0 Å². The van der Waals surface area contributed by atoms with Gasteiger partial charge in [-0.25, -0.2) is 13.1 Å². The molecule has 1 fully saturated rings. The molecular formula is C14H24N2O2S2. The van der Waals surface area contributed by atoms with E-state index < -0.39 is 10.0 Å². The van der Waals surface area contributed by atoms with Crippen LogP contribution in [0, 0.1) is 5.92 Å². The third kappa shape index (κ3) is 4.04. The van der Waals surface area contributed by atoms with Gasteiger partial charge in [-0.15, -0.1) is 11.3 Å². The Morgan fingerprint density at radius 2 is 2.10 bits per heavy atom. The van der Waals surface area contributed by atoms with E-state index in [2.05, 4.69) is 17.0 Å². The van der Waals surface area contributed by atoms with Gasteiger partial charge in [-0.2, -0.15) is 0 Å². The van der Waals surface area contributed by atoms with Gasteiger partial charge in [-0.05, 0) is 43.7 Å². The van der Waals surface area contributed by atoms with E-state index in [0.29, 0.717) is 17.4 Å². The molecule has 4 nitrogen and oxygen atoms in total. The molecule has 2 rings (SSSR count). The maximum absolute atomic E-state index is 12.5. The molecule has 2 N–H and O–H groups in total. The summed E-state index contributed by atoms with van der Waals surface area (Å²) in [7, 11) is -1.55. The second-order valence-corrected chi connectivity index (χ2v) is 8.35. The average Bonchev–Trinajstić information content (AvgIpc) is 2.76. The maximum Gasteiger partial charge on any atom is 0.241 e. The fraction of sp³-hybridized carbons (Fsp3) is 0.714. The van der Waals surface area contributed by atoms with Crippen LogP contribution in [0.15, 0.2) is 16.3 Å². The Morgan fingerprint density at radius 3 is 2.85 bits per heavy atom. The van der Waals surface area contributed by atoms with Gasteiger partial charge in [-0.1, -0.05) is 19.8 Å². The molecule has 0 spiro atoms. The van der Waals surface area contributed by atoms with Gasteiger partial charge < -0.3 is 5.32 Å². The van der Waals surface area contributed by atoms with E-state index in [0.717, 1.165) is 30.6 Å². The fourth-order valence-electron chi connectivity index (χ4n) is 2.75. The van der Waals surface area contributed by atoms with E-state index in [1.165, 1.54) is 17.8 Å². The first-order chi connectivity index (χ1) is 9.53. The minimum absolute atomic E-state index is 0.0901. The topological polar surface area (TPSA) is 58.2 Å². The molecule has 2 unspecified atom stereocenters. The molecule has 0 aromatic carbocycles. The summed E-state index contributed by atoms with van der Waals surface area (Å²) < 4.78 is 27.9. The Morgan fingerprint density at radius 1 is 1.30 bits per heavy atom. The predicted molar refractivity (Wildman–Crippen MR) is 83.4 cm³/mol. The minimum Gasteiger partial charge on any atom is -0.315 e. The Balaban J connectivity index is 2.08. The highest BCUT2D eigenvalue weighted by atomic mass is 32.2. The van der Waals surface area contributed by atoms with Gasteiger partial charge in [0.2, 0.25) is 10.0 Å². The van der Waals surface area contributed by atoms with Crippen molar-refractivity contribution in [2.45, 2.75) is 56.5 Å². The summed E-state index contributed by atoms with van der Waals surface area (Å²) in [5, 5.41) is 4.86. The fourth-order valence-corrected chi connectivity index (χ4v) is 5.51. The quantitative estimate of drug-likeness (QED) is 0.821. The third-order valence-electron chi connectivity index (χ3n) is 3.91. The van der Waals surface area contributed by atoms with Gasteiger partial charge in [-0.3, -0.25) is 0 Å². The Labute approximate surface area is 126 Å². The van der Waals surface area contributed by atoms with Crippen molar-refractivity contribution in [2.24, 2.45) is 5.92 Å². The molecular weight excluding hydrogens is 292 g/mol. The molecule has 0 radical (unpaired) electrons. The Bertz CT molecular complexity index is 525. The van der Waals surface area contributed by atoms with E-state index in [1.54, 1.807) is 6.07 Å². The highest BCUT2D eigenvalue weighted by molar-refractivity contribution is 7.89. The van der Waals surface area contributed by atoms with Crippen molar-refractivity contribution < 1.29 is 8.42 Å². The Hall–Kier alpha value is -0.430. The second kappa shape index (κ2) is 7.02. The number of nitrogens with one attached hydrogen (secondary N) is 2. The lowest BCUT2D eigenvalue weighted by Crippen LogP contribution is -2.34. The highest BCUT2D eigenvalue weighted by Crippen LogP contribution is 2.26. The van der Waals surface area contributed by atoms with Crippen LogP contribution in [-0.4, -0.2) is 21.5 Å². The van der Waals surface area contributed by atoms with Gasteiger partial charge in [0.05, 0.1) is 4.90 Å². The standard InChI is InChI=1S/C14H24N2O2S2/c1-11-4-3-5-12(7-6-11)16-20(17,18)14-8-9-19-13(14)10-15-2/h8-9,11-12,15-16H,3-7,10H2,1-2H3. The van der Waals surface area contributed by atoms with Gasteiger partial charge >= 0.3 is 0 Å². The summed E-state index contributed by atoms with van der Waals surface area (Å²) in [4.78, 5) is 1.32. The van der Waals surface area contributed by atoms with Crippen LogP contribution in [0.25, 0.3) is 0 Å². The van der Waals surface area contributed by atoms with Crippen LogP contribution in [0.2, 0.25) is 0 Å². The summed E-state index contributed by atoms with van der Waals surface area (Å²) in [6.45, 7) is 2.84. The van der Waals surface area contributed by atoms with Crippen LogP contribution in [0.1, 0.15) is 43.9 Å². The van der Waals surface area contributed by atoms with Crippen molar-refractivity contribution in [2.75, 3.05) is 7.05 Å².